The maximum atomic E-state index is 5.97. The predicted octanol–water partition coefficient (Wildman–Crippen LogP) is 4.44. The van der Waals surface area contributed by atoms with Crippen molar-refractivity contribution in [2.75, 3.05) is 5.73 Å². The molecule has 3 heteroatoms. The first-order chi connectivity index (χ1) is 8.08. The third-order valence-corrected chi connectivity index (χ3v) is 3.21. The molecular weight excluding hydrogens is 278 g/mol. The number of anilines is 1. The summed E-state index contributed by atoms with van der Waals surface area (Å²) >= 11 is 3.48. The molecule has 2 aromatic carbocycles. The monoisotopic (exact) mass is 291 g/mol. The summed E-state index contributed by atoms with van der Waals surface area (Å²) in [5.41, 5.74) is 8.85. The van der Waals surface area contributed by atoms with Crippen molar-refractivity contribution in [3.8, 4) is 11.5 Å². The first-order valence-electron chi connectivity index (χ1n) is 5.37. The molecule has 0 saturated heterocycles. The van der Waals surface area contributed by atoms with E-state index in [0.29, 0.717) is 11.4 Å². The first-order valence-corrected chi connectivity index (χ1v) is 6.16. The standard InChI is InChI=1S/C14H14BrNO/c1-9-6-7-12(11(15)8-9)17-13-5-3-4-10(2)14(13)16/h3-8H,16H2,1-2H3. The van der Waals surface area contributed by atoms with E-state index in [2.05, 4.69) is 15.9 Å². The van der Waals surface area contributed by atoms with Crippen molar-refractivity contribution in [1.82, 2.24) is 0 Å². The topological polar surface area (TPSA) is 35.2 Å². The molecule has 0 amide bonds. The van der Waals surface area contributed by atoms with Crippen LogP contribution in [0.4, 0.5) is 5.69 Å². The Morgan fingerprint density at radius 2 is 1.82 bits per heavy atom. The lowest BCUT2D eigenvalue weighted by atomic mass is 10.2. The average molecular weight is 292 g/mol. The van der Waals surface area contributed by atoms with Gasteiger partial charge in [-0.15, -0.1) is 0 Å². The maximum Gasteiger partial charge on any atom is 0.150 e. The summed E-state index contributed by atoms with van der Waals surface area (Å²) in [5.74, 6) is 1.46. The lowest BCUT2D eigenvalue weighted by molar-refractivity contribution is 0.481. The van der Waals surface area contributed by atoms with Crippen molar-refractivity contribution in [2.45, 2.75) is 13.8 Å². The molecule has 0 unspecified atom stereocenters. The van der Waals surface area contributed by atoms with E-state index in [1.54, 1.807) is 0 Å². The smallest absolute Gasteiger partial charge is 0.150 e. The van der Waals surface area contributed by atoms with Crippen LogP contribution in [-0.2, 0) is 0 Å². The fourth-order valence-corrected chi connectivity index (χ4v) is 2.12. The van der Waals surface area contributed by atoms with Crippen molar-refractivity contribution in [3.63, 3.8) is 0 Å². The molecule has 0 aromatic heterocycles. The molecule has 2 rings (SSSR count). The minimum atomic E-state index is 0.681. The number of hydrogen-bond acceptors (Lipinski definition) is 2. The number of benzene rings is 2. The van der Waals surface area contributed by atoms with E-state index in [1.165, 1.54) is 5.56 Å². The molecule has 0 radical (unpaired) electrons. The molecule has 0 fully saturated rings. The second-order valence-corrected chi connectivity index (χ2v) is 4.88. The summed E-state index contributed by atoms with van der Waals surface area (Å²) in [6, 6.07) is 11.7. The molecule has 0 aliphatic rings. The molecule has 17 heavy (non-hydrogen) atoms. The quantitative estimate of drug-likeness (QED) is 0.830. The summed E-state index contributed by atoms with van der Waals surface area (Å²) in [7, 11) is 0. The van der Waals surface area contributed by atoms with E-state index in [0.717, 1.165) is 15.8 Å². The Morgan fingerprint density at radius 3 is 2.53 bits per heavy atom. The van der Waals surface area contributed by atoms with E-state index in [4.69, 9.17) is 10.5 Å². The molecule has 0 atom stereocenters. The second kappa shape index (κ2) is 4.80. The Balaban J connectivity index is 2.35. The molecule has 0 bridgehead atoms. The average Bonchev–Trinajstić information content (AvgIpc) is 2.28. The lowest BCUT2D eigenvalue weighted by Crippen LogP contribution is -1.95. The van der Waals surface area contributed by atoms with E-state index in [1.807, 2.05) is 50.2 Å². The second-order valence-electron chi connectivity index (χ2n) is 4.02. The van der Waals surface area contributed by atoms with E-state index in [-0.39, 0.29) is 0 Å². The van der Waals surface area contributed by atoms with Crippen LogP contribution in [0, 0.1) is 13.8 Å². The van der Waals surface area contributed by atoms with Gasteiger partial charge >= 0.3 is 0 Å². The maximum absolute atomic E-state index is 5.97. The highest BCUT2D eigenvalue weighted by molar-refractivity contribution is 9.10. The molecule has 0 spiro atoms. The summed E-state index contributed by atoms with van der Waals surface area (Å²) in [4.78, 5) is 0. The zero-order valence-corrected chi connectivity index (χ0v) is 11.4. The van der Waals surface area contributed by atoms with E-state index < -0.39 is 0 Å². The number of halogens is 1. The number of hydrogen-bond donors (Lipinski definition) is 1. The molecule has 0 aliphatic heterocycles. The summed E-state index contributed by atoms with van der Waals surface area (Å²) in [6.45, 7) is 4.00. The molecule has 2 nitrogen and oxygen atoms in total. The van der Waals surface area contributed by atoms with Gasteiger partial charge < -0.3 is 10.5 Å². The van der Waals surface area contributed by atoms with Gasteiger partial charge in [0.25, 0.3) is 0 Å². The third-order valence-electron chi connectivity index (χ3n) is 2.59. The van der Waals surface area contributed by atoms with E-state index in [9.17, 15) is 0 Å². The number of nitrogens with two attached hydrogens (primary N) is 1. The van der Waals surface area contributed by atoms with Crippen molar-refractivity contribution >= 4 is 21.6 Å². The Bertz CT molecular complexity index is 552. The largest absolute Gasteiger partial charge is 0.454 e. The number of aryl methyl sites for hydroxylation is 2. The summed E-state index contributed by atoms with van der Waals surface area (Å²) in [6.07, 6.45) is 0. The van der Waals surface area contributed by atoms with Gasteiger partial charge in [0.05, 0.1) is 10.2 Å². The number of rotatable bonds is 2. The van der Waals surface area contributed by atoms with Crippen LogP contribution in [0.1, 0.15) is 11.1 Å². The summed E-state index contributed by atoms with van der Waals surface area (Å²) in [5, 5.41) is 0. The Labute approximate surface area is 110 Å². The van der Waals surface area contributed by atoms with Crippen LogP contribution in [0.3, 0.4) is 0 Å². The van der Waals surface area contributed by atoms with Gasteiger partial charge in [-0.05, 0) is 59.1 Å². The number of ether oxygens (including phenoxy) is 1. The van der Waals surface area contributed by atoms with E-state index >= 15 is 0 Å². The zero-order chi connectivity index (χ0) is 12.4. The van der Waals surface area contributed by atoms with Crippen LogP contribution in [0.25, 0.3) is 0 Å². The van der Waals surface area contributed by atoms with Gasteiger partial charge in [0.2, 0.25) is 0 Å². The third kappa shape index (κ3) is 2.61. The van der Waals surface area contributed by atoms with Gasteiger partial charge in [-0.3, -0.25) is 0 Å². The molecular formula is C14H14BrNO. The van der Waals surface area contributed by atoms with Gasteiger partial charge in [-0.2, -0.15) is 0 Å². The van der Waals surface area contributed by atoms with Crippen LogP contribution in [0.5, 0.6) is 11.5 Å². The van der Waals surface area contributed by atoms with Crippen molar-refractivity contribution in [2.24, 2.45) is 0 Å². The van der Waals surface area contributed by atoms with Crippen LogP contribution >= 0.6 is 15.9 Å². The predicted molar refractivity (Wildman–Crippen MR) is 74.5 cm³/mol. The Kier molecular flexibility index (Phi) is 3.38. The number of para-hydroxylation sites is 1. The van der Waals surface area contributed by atoms with Gasteiger partial charge in [-0.25, -0.2) is 0 Å². The molecule has 2 N–H and O–H groups in total. The van der Waals surface area contributed by atoms with Crippen molar-refractivity contribution < 1.29 is 4.74 Å². The van der Waals surface area contributed by atoms with Gasteiger partial charge in [-0.1, -0.05) is 18.2 Å². The fourth-order valence-electron chi connectivity index (χ4n) is 1.55. The van der Waals surface area contributed by atoms with Crippen molar-refractivity contribution in [3.05, 3.63) is 52.0 Å². The highest BCUT2D eigenvalue weighted by atomic mass is 79.9. The Morgan fingerprint density at radius 1 is 1.06 bits per heavy atom. The summed E-state index contributed by atoms with van der Waals surface area (Å²) < 4.78 is 6.73. The Hall–Kier alpha value is -1.48. The molecule has 0 saturated carbocycles. The van der Waals surface area contributed by atoms with Gasteiger partial charge in [0.15, 0.2) is 5.75 Å². The molecule has 0 heterocycles. The van der Waals surface area contributed by atoms with Crippen LogP contribution < -0.4 is 10.5 Å². The number of nitrogen functional groups attached to an aromatic ring is 1. The first kappa shape index (κ1) is 12.0. The highest BCUT2D eigenvalue weighted by Crippen LogP contribution is 2.34. The van der Waals surface area contributed by atoms with Gasteiger partial charge in [0.1, 0.15) is 5.75 Å². The highest BCUT2D eigenvalue weighted by Gasteiger charge is 2.06. The minimum absolute atomic E-state index is 0.681. The van der Waals surface area contributed by atoms with Crippen molar-refractivity contribution in [1.29, 1.82) is 0 Å². The molecule has 88 valence electrons. The minimum Gasteiger partial charge on any atom is -0.454 e. The van der Waals surface area contributed by atoms with Gasteiger partial charge in [0, 0.05) is 0 Å². The normalized spacial score (nSPS) is 10.3. The fraction of sp³-hybridized carbons (Fsp3) is 0.143. The molecule has 0 aliphatic carbocycles. The zero-order valence-electron chi connectivity index (χ0n) is 9.83. The SMILES string of the molecule is Cc1ccc(Oc2cccc(C)c2N)c(Br)c1. The lowest BCUT2D eigenvalue weighted by Gasteiger charge is -2.11. The van der Waals surface area contributed by atoms with Crippen LogP contribution in [0.15, 0.2) is 40.9 Å². The molecule has 2 aromatic rings. The van der Waals surface area contributed by atoms with Crippen LogP contribution in [-0.4, -0.2) is 0 Å². The van der Waals surface area contributed by atoms with Crippen LogP contribution in [0.2, 0.25) is 0 Å².